The Morgan fingerprint density at radius 1 is 1.17 bits per heavy atom. The van der Waals surface area contributed by atoms with Crippen molar-refractivity contribution < 1.29 is 4.79 Å². The van der Waals surface area contributed by atoms with Crippen LogP contribution in [0.15, 0.2) is 35.3 Å². The Bertz CT molecular complexity index is 615. The normalized spacial score (nSPS) is 17.3. The van der Waals surface area contributed by atoms with E-state index in [2.05, 4.69) is 52.8 Å². The van der Waals surface area contributed by atoms with Crippen LogP contribution in [0.1, 0.15) is 39.2 Å². The topological polar surface area (TPSA) is 60.0 Å². The second kappa shape index (κ2) is 13.2. The first-order valence-corrected chi connectivity index (χ1v) is 11.2. The van der Waals surface area contributed by atoms with Crippen molar-refractivity contribution in [2.45, 2.75) is 40.0 Å². The third-order valence-corrected chi connectivity index (χ3v) is 5.53. The number of aliphatic imine (C=N–C) groups is 1. The molecule has 0 aromatic heterocycles. The smallest absolute Gasteiger partial charge is 0.224 e. The maximum atomic E-state index is 12.1. The number of carbonyl (C=O) groups excluding carboxylic acids is 1. The SMILES string of the molecule is CCNC(=NCC1CCN(CCc2ccccc2)C1)NCCC(=O)N(CC)CC. The van der Waals surface area contributed by atoms with Gasteiger partial charge in [0.15, 0.2) is 5.96 Å². The lowest BCUT2D eigenvalue weighted by molar-refractivity contribution is -0.130. The van der Waals surface area contributed by atoms with E-state index in [1.807, 2.05) is 18.7 Å². The zero-order chi connectivity index (χ0) is 20.9. The van der Waals surface area contributed by atoms with Gasteiger partial charge in [-0.2, -0.15) is 0 Å². The van der Waals surface area contributed by atoms with Gasteiger partial charge in [0.25, 0.3) is 0 Å². The summed E-state index contributed by atoms with van der Waals surface area (Å²) in [6.07, 6.45) is 2.82. The summed E-state index contributed by atoms with van der Waals surface area (Å²) in [7, 11) is 0. The summed E-state index contributed by atoms with van der Waals surface area (Å²) in [5.74, 6) is 1.63. The number of benzene rings is 1. The lowest BCUT2D eigenvalue weighted by Crippen LogP contribution is -2.40. The average Bonchev–Trinajstić information content (AvgIpc) is 3.20. The standard InChI is InChI=1S/C23H39N5O/c1-4-24-23(25-15-12-22(29)28(5-2)6-3)26-18-21-14-17-27(19-21)16-13-20-10-8-7-9-11-20/h7-11,21H,4-6,12-19H2,1-3H3,(H2,24,25,26). The van der Waals surface area contributed by atoms with Crippen LogP contribution in [0.3, 0.4) is 0 Å². The summed E-state index contributed by atoms with van der Waals surface area (Å²) in [4.78, 5) is 21.3. The quantitative estimate of drug-likeness (QED) is 0.441. The lowest BCUT2D eigenvalue weighted by atomic mass is 10.1. The summed E-state index contributed by atoms with van der Waals surface area (Å²) >= 11 is 0. The number of hydrogen-bond donors (Lipinski definition) is 2. The molecule has 2 rings (SSSR count). The van der Waals surface area contributed by atoms with E-state index in [0.29, 0.717) is 18.9 Å². The average molecular weight is 402 g/mol. The van der Waals surface area contributed by atoms with Crippen molar-refractivity contribution in [1.29, 1.82) is 0 Å². The molecule has 1 aliphatic heterocycles. The van der Waals surface area contributed by atoms with Crippen LogP contribution in [0.25, 0.3) is 0 Å². The van der Waals surface area contributed by atoms with E-state index >= 15 is 0 Å². The molecule has 1 amide bonds. The minimum absolute atomic E-state index is 0.197. The van der Waals surface area contributed by atoms with E-state index < -0.39 is 0 Å². The zero-order valence-electron chi connectivity index (χ0n) is 18.5. The molecule has 29 heavy (non-hydrogen) atoms. The van der Waals surface area contributed by atoms with Crippen LogP contribution in [0.2, 0.25) is 0 Å². The van der Waals surface area contributed by atoms with Crippen molar-refractivity contribution in [1.82, 2.24) is 20.4 Å². The van der Waals surface area contributed by atoms with Crippen molar-refractivity contribution >= 4 is 11.9 Å². The van der Waals surface area contributed by atoms with E-state index in [4.69, 9.17) is 4.99 Å². The van der Waals surface area contributed by atoms with E-state index in [9.17, 15) is 4.79 Å². The summed E-state index contributed by atoms with van der Waals surface area (Å²) in [6, 6.07) is 10.7. The molecule has 0 bridgehead atoms. The van der Waals surface area contributed by atoms with Gasteiger partial charge in [0.05, 0.1) is 0 Å². The Morgan fingerprint density at radius 3 is 2.62 bits per heavy atom. The van der Waals surface area contributed by atoms with Crippen molar-refractivity contribution in [3.8, 4) is 0 Å². The highest BCUT2D eigenvalue weighted by Gasteiger charge is 2.22. The van der Waals surface area contributed by atoms with E-state index in [0.717, 1.165) is 58.2 Å². The van der Waals surface area contributed by atoms with Gasteiger partial charge in [-0.15, -0.1) is 0 Å². The monoisotopic (exact) mass is 401 g/mol. The summed E-state index contributed by atoms with van der Waals surface area (Å²) < 4.78 is 0. The van der Waals surface area contributed by atoms with Crippen LogP contribution in [0.5, 0.6) is 0 Å². The number of guanidine groups is 1. The fraction of sp³-hybridized carbons (Fsp3) is 0.652. The highest BCUT2D eigenvalue weighted by molar-refractivity contribution is 5.81. The summed E-state index contributed by atoms with van der Waals surface area (Å²) in [6.45, 7) is 13.3. The molecule has 0 radical (unpaired) electrons. The summed E-state index contributed by atoms with van der Waals surface area (Å²) in [5, 5.41) is 6.61. The molecule has 2 N–H and O–H groups in total. The molecular weight excluding hydrogens is 362 g/mol. The van der Waals surface area contributed by atoms with Crippen molar-refractivity contribution in [3.63, 3.8) is 0 Å². The van der Waals surface area contributed by atoms with Gasteiger partial charge in [-0.25, -0.2) is 0 Å². The fourth-order valence-electron chi connectivity index (χ4n) is 3.78. The Labute approximate surface area is 176 Å². The van der Waals surface area contributed by atoms with Crippen LogP contribution in [-0.2, 0) is 11.2 Å². The molecule has 1 fully saturated rings. The Balaban J connectivity index is 1.71. The highest BCUT2D eigenvalue weighted by Crippen LogP contribution is 2.17. The van der Waals surface area contributed by atoms with Gasteiger partial charge in [0, 0.05) is 52.2 Å². The minimum atomic E-state index is 0.197. The van der Waals surface area contributed by atoms with Crippen LogP contribution >= 0.6 is 0 Å². The molecule has 1 saturated heterocycles. The maximum absolute atomic E-state index is 12.1. The first-order valence-electron chi connectivity index (χ1n) is 11.2. The molecule has 0 saturated carbocycles. The molecule has 0 spiro atoms. The van der Waals surface area contributed by atoms with Crippen LogP contribution < -0.4 is 10.6 Å². The first-order chi connectivity index (χ1) is 14.2. The zero-order valence-corrected chi connectivity index (χ0v) is 18.5. The Hall–Kier alpha value is -2.08. The van der Waals surface area contributed by atoms with Gasteiger partial charge < -0.3 is 20.4 Å². The number of carbonyl (C=O) groups is 1. The second-order valence-electron chi connectivity index (χ2n) is 7.65. The molecule has 162 valence electrons. The number of likely N-dealkylation sites (tertiary alicyclic amines) is 1. The van der Waals surface area contributed by atoms with Gasteiger partial charge in [-0.3, -0.25) is 9.79 Å². The largest absolute Gasteiger partial charge is 0.357 e. The van der Waals surface area contributed by atoms with Crippen LogP contribution in [-0.4, -0.2) is 74.0 Å². The summed E-state index contributed by atoms with van der Waals surface area (Å²) in [5.41, 5.74) is 1.41. The number of nitrogens with zero attached hydrogens (tertiary/aromatic N) is 3. The molecule has 0 aliphatic carbocycles. The number of hydrogen-bond acceptors (Lipinski definition) is 3. The third-order valence-electron chi connectivity index (χ3n) is 5.53. The molecule has 1 atom stereocenters. The molecular formula is C23H39N5O. The van der Waals surface area contributed by atoms with Gasteiger partial charge in [0.1, 0.15) is 0 Å². The minimum Gasteiger partial charge on any atom is -0.357 e. The Morgan fingerprint density at radius 2 is 1.93 bits per heavy atom. The molecule has 6 heteroatoms. The highest BCUT2D eigenvalue weighted by atomic mass is 16.2. The molecule has 1 aromatic rings. The molecule has 1 aliphatic rings. The van der Waals surface area contributed by atoms with Gasteiger partial charge in [-0.1, -0.05) is 30.3 Å². The second-order valence-corrected chi connectivity index (χ2v) is 7.65. The molecule has 1 unspecified atom stereocenters. The number of rotatable bonds is 11. The van der Waals surface area contributed by atoms with E-state index in [-0.39, 0.29) is 5.91 Å². The maximum Gasteiger partial charge on any atom is 0.224 e. The van der Waals surface area contributed by atoms with Gasteiger partial charge >= 0.3 is 0 Å². The molecule has 1 heterocycles. The first kappa shape index (κ1) is 23.2. The third kappa shape index (κ3) is 8.44. The predicted molar refractivity (Wildman–Crippen MR) is 121 cm³/mol. The van der Waals surface area contributed by atoms with Gasteiger partial charge in [-0.05, 0) is 51.6 Å². The van der Waals surface area contributed by atoms with Crippen LogP contribution in [0.4, 0.5) is 0 Å². The fourth-order valence-corrected chi connectivity index (χ4v) is 3.78. The number of amides is 1. The Kier molecular flexibility index (Phi) is 10.6. The van der Waals surface area contributed by atoms with Crippen molar-refractivity contribution in [2.75, 3.05) is 52.4 Å². The van der Waals surface area contributed by atoms with Crippen molar-refractivity contribution in [2.24, 2.45) is 10.9 Å². The predicted octanol–water partition coefficient (Wildman–Crippen LogP) is 2.36. The van der Waals surface area contributed by atoms with Gasteiger partial charge in [0.2, 0.25) is 5.91 Å². The molecule has 6 nitrogen and oxygen atoms in total. The van der Waals surface area contributed by atoms with Crippen molar-refractivity contribution in [3.05, 3.63) is 35.9 Å². The lowest BCUT2D eigenvalue weighted by Gasteiger charge is -2.19. The molecule has 1 aromatic carbocycles. The van der Waals surface area contributed by atoms with E-state index in [1.54, 1.807) is 0 Å². The number of nitrogens with one attached hydrogen (secondary N) is 2. The van der Waals surface area contributed by atoms with Crippen LogP contribution in [0, 0.1) is 5.92 Å². The van der Waals surface area contributed by atoms with E-state index in [1.165, 1.54) is 12.0 Å².